The molecule has 0 fully saturated rings. The van der Waals surface area contributed by atoms with E-state index < -0.39 is 8.32 Å². The Morgan fingerprint density at radius 1 is 1.19 bits per heavy atom. The fourth-order valence-corrected chi connectivity index (χ4v) is 3.56. The molecule has 0 saturated carbocycles. The molecule has 1 aromatic carbocycles. The summed E-state index contributed by atoms with van der Waals surface area (Å²) in [5.74, 6) is 2.86. The molecule has 1 rings (SSSR count). The van der Waals surface area contributed by atoms with Gasteiger partial charge in [0.05, 0.1) is 12.9 Å². The van der Waals surface area contributed by atoms with Gasteiger partial charge < -0.3 is 9.16 Å². The molecule has 0 unspecified atom stereocenters. The smallest absolute Gasteiger partial charge is 0.250 e. The van der Waals surface area contributed by atoms with Crippen molar-refractivity contribution in [2.75, 3.05) is 12.9 Å². The van der Waals surface area contributed by atoms with Gasteiger partial charge in [0, 0.05) is 10.6 Å². The third kappa shape index (κ3) is 5.79. The van der Waals surface area contributed by atoms with Crippen molar-refractivity contribution >= 4 is 20.1 Å². The molecule has 0 aliphatic heterocycles. The average Bonchev–Trinajstić information content (AvgIpc) is 2.37. The van der Waals surface area contributed by atoms with E-state index in [1.54, 1.807) is 18.9 Å². The number of rotatable bonds is 6. The van der Waals surface area contributed by atoms with Gasteiger partial charge in [-0.1, -0.05) is 20.8 Å². The Morgan fingerprint density at radius 2 is 1.76 bits per heavy atom. The summed E-state index contributed by atoms with van der Waals surface area (Å²) in [6.07, 6.45) is 2.18. The molecule has 4 heteroatoms. The van der Waals surface area contributed by atoms with Gasteiger partial charge in [-0.2, -0.15) is 0 Å². The third-order valence-electron chi connectivity index (χ3n) is 3.90. The number of ether oxygens (including phenoxy) is 1. The second kappa shape index (κ2) is 7.41. The van der Waals surface area contributed by atoms with Crippen molar-refractivity contribution < 1.29 is 9.16 Å². The summed E-state index contributed by atoms with van der Waals surface area (Å²) in [5, 5.41) is 0.241. The molecule has 0 atom stereocenters. The Hall–Kier alpha value is -0.873. The first-order valence-corrected chi connectivity index (χ1v) is 11.2. The van der Waals surface area contributed by atoms with Crippen LogP contribution in [-0.2, 0) is 4.43 Å². The maximum Gasteiger partial charge on any atom is 0.250 e. The van der Waals surface area contributed by atoms with Crippen LogP contribution in [0.4, 0.5) is 0 Å². The van der Waals surface area contributed by atoms with E-state index >= 15 is 0 Å². The standard InChI is InChI=1S/C17H28O2SSi/c1-14(19-21(6,7)17(2,3)4)12-13-20-16-10-8-15(18-5)9-11-16/h8-12H,13H2,1-7H3/b14-12-. The second-order valence-electron chi connectivity index (χ2n) is 6.66. The van der Waals surface area contributed by atoms with Crippen molar-refractivity contribution in [1.29, 1.82) is 0 Å². The van der Waals surface area contributed by atoms with Crippen molar-refractivity contribution in [3.63, 3.8) is 0 Å². The van der Waals surface area contributed by atoms with Gasteiger partial charge in [-0.15, -0.1) is 11.8 Å². The molecule has 1 aromatic rings. The highest BCUT2D eigenvalue weighted by molar-refractivity contribution is 7.99. The topological polar surface area (TPSA) is 18.5 Å². The van der Waals surface area contributed by atoms with Gasteiger partial charge in [0.2, 0.25) is 8.32 Å². The lowest BCUT2D eigenvalue weighted by Crippen LogP contribution is -2.40. The Kier molecular flexibility index (Phi) is 6.41. The van der Waals surface area contributed by atoms with Crippen molar-refractivity contribution in [3.8, 4) is 5.75 Å². The maximum absolute atomic E-state index is 6.24. The first-order chi connectivity index (χ1) is 9.65. The van der Waals surface area contributed by atoms with E-state index in [4.69, 9.17) is 9.16 Å². The van der Waals surface area contributed by atoms with Crippen LogP contribution in [-0.4, -0.2) is 21.2 Å². The number of methoxy groups -OCH3 is 1. The van der Waals surface area contributed by atoms with Crippen LogP contribution in [0.1, 0.15) is 27.7 Å². The molecule has 0 N–H and O–H groups in total. The van der Waals surface area contributed by atoms with Crippen molar-refractivity contribution in [3.05, 3.63) is 36.1 Å². The summed E-state index contributed by atoms with van der Waals surface area (Å²) >= 11 is 1.80. The Bertz CT molecular complexity index is 473. The zero-order chi connectivity index (χ0) is 16.1. The van der Waals surface area contributed by atoms with Gasteiger partial charge in [0.25, 0.3) is 0 Å². The third-order valence-corrected chi connectivity index (χ3v) is 9.29. The van der Waals surface area contributed by atoms with E-state index in [2.05, 4.69) is 59.0 Å². The molecule has 0 bridgehead atoms. The summed E-state index contributed by atoms with van der Waals surface area (Å²) < 4.78 is 11.4. The van der Waals surface area contributed by atoms with Crippen LogP contribution >= 0.6 is 11.8 Å². The van der Waals surface area contributed by atoms with Crippen LogP contribution < -0.4 is 4.74 Å². The van der Waals surface area contributed by atoms with Crippen LogP contribution in [0, 0.1) is 0 Å². The quantitative estimate of drug-likeness (QED) is 0.379. The van der Waals surface area contributed by atoms with Crippen molar-refractivity contribution in [1.82, 2.24) is 0 Å². The minimum absolute atomic E-state index is 0.241. The summed E-state index contributed by atoms with van der Waals surface area (Å²) in [5.41, 5.74) is 0. The van der Waals surface area contributed by atoms with Crippen molar-refractivity contribution in [2.45, 2.75) is 50.7 Å². The highest BCUT2D eigenvalue weighted by Gasteiger charge is 2.38. The SMILES string of the molecule is COc1ccc(SC/C=C(/C)O[Si](C)(C)C(C)(C)C)cc1. The number of hydrogen-bond donors (Lipinski definition) is 0. The Morgan fingerprint density at radius 3 is 2.24 bits per heavy atom. The first kappa shape index (κ1) is 18.2. The number of hydrogen-bond acceptors (Lipinski definition) is 3. The Labute approximate surface area is 135 Å². The lowest BCUT2D eigenvalue weighted by molar-refractivity contribution is 0.385. The largest absolute Gasteiger partial charge is 0.547 e. The van der Waals surface area contributed by atoms with E-state index in [0.717, 1.165) is 17.3 Å². The number of thioether (sulfide) groups is 1. The minimum atomic E-state index is -1.70. The minimum Gasteiger partial charge on any atom is -0.547 e. The van der Waals surface area contributed by atoms with Crippen LogP contribution in [0.15, 0.2) is 41.0 Å². The molecule has 118 valence electrons. The fourth-order valence-electron chi connectivity index (χ4n) is 1.52. The summed E-state index contributed by atoms with van der Waals surface area (Å²) in [6.45, 7) is 13.4. The zero-order valence-electron chi connectivity index (χ0n) is 14.3. The molecule has 0 heterocycles. The van der Waals surface area contributed by atoms with E-state index in [1.165, 1.54) is 4.90 Å². The molecule has 2 nitrogen and oxygen atoms in total. The molecular formula is C17H28O2SSi. The predicted molar refractivity (Wildman–Crippen MR) is 95.8 cm³/mol. The van der Waals surface area contributed by atoms with Gasteiger partial charge in [-0.05, 0) is 55.4 Å². The van der Waals surface area contributed by atoms with E-state index in [0.29, 0.717) is 0 Å². The van der Waals surface area contributed by atoms with Gasteiger partial charge in [-0.3, -0.25) is 0 Å². The normalized spacial score (nSPS) is 13.2. The van der Waals surface area contributed by atoms with Crippen LogP contribution in [0.25, 0.3) is 0 Å². The van der Waals surface area contributed by atoms with Crippen LogP contribution in [0.2, 0.25) is 18.1 Å². The van der Waals surface area contributed by atoms with Gasteiger partial charge >= 0.3 is 0 Å². The molecule has 0 aliphatic carbocycles. The monoisotopic (exact) mass is 324 g/mol. The van der Waals surface area contributed by atoms with Gasteiger partial charge in [-0.25, -0.2) is 0 Å². The molecule has 0 radical (unpaired) electrons. The van der Waals surface area contributed by atoms with Gasteiger partial charge in [0.15, 0.2) is 0 Å². The molecular weight excluding hydrogens is 296 g/mol. The molecule has 0 amide bonds. The molecule has 0 saturated heterocycles. The highest BCUT2D eigenvalue weighted by atomic mass is 32.2. The lowest BCUT2D eigenvalue weighted by Gasteiger charge is -2.36. The van der Waals surface area contributed by atoms with E-state index in [1.807, 2.05) is 12.1 Å². The van der Waals surface area contributed by atoms with Crippen molar-refractivity contribution in [2.24, 2.45) is 0 Å². The average molecular weight is 325 g/mol. The number of allylic oxidation sites excluding steroid dienone is 1. The fraction of sp³-hybridized carbons (Fsp3) is 0.529. The second-order valence-corrected chi connectivity index (χ2v) is 12.5. The highest BCUT2D eigenvalue weighted by Crippen LogP contribution is 2.37. The van der Waals surface area contributed by atoms with E-state index in [-0.39, 0.29) is 5.04 Å². The van der Waals surface area contributed by atoms with Gasteiger partial charge in [0.1, 0.15) is 5.75 Å². The summed E-state index contributed by atoms with van der Waals surface area (Å²) in [6, 6.07) is 8.15. The zero-order valence-corrected chi connectivity index (χ0v) is 16.1. The first-order valence-electron chi connectivity index (χ1n) is 7.28. The molecule has 0 spiro atoms. The number of benzene rings is 1. The molecule has 21 heavy (non-hydrogen) atoms. The van der Waals surface area contributed by atoms with E-state index in [9.17, 15) is 0 Å². The van der Waals surface area contributed by atoms with Crippen LogP contribution in [0.3, 0.4) is 0 Å². The van der Waals surface area contributed by atoms with Crippen LogP contribution in [0.5, 0.6) is 5.75 Å². The maximum atomic E-state index is 6.24. The lowest BCUT2D eigenvalue weighted by atomic mass is 10.2. The Balaban J connectivity index is 2.52. The summed E-state index contributed by atoms with van der Waals surface area (Å²) in [4.78, 5) is 1.24. The molecule has 0 aliphatic rings. The summed E-state index contributed by atoms with van der Waals surface area (Å²) in [7, 11) is -0.0168. The predicted octanol–water partition coefficient (Wildman–Crippen LogP) is 5.71. The molecule has 0 aromatic heterocycles.